The van der Waals surface area contributed by atoms with Gasteiger partial charge >= 0.3 is 13.6 Å². The molecule has 7 heteroatoms. The number of benzene rings is 2. The Bertz CT molecular complexity index is 799. The number of methoxy groups -OCH3 is 1. The lowest BCUT2D eigenvalue weighted by Gasteiger charge is -2.32. The van der Waals surface area contributed by atoms with Gasteiger partial charge in [0.05, 0.1) is 13.5 Å². The predicted molar refractivity (Wildman–Crippen MR) is 105 cm³/mol. The second-order valence-electron chi connectivity index (χ2n) is 6.99. The van der Waals surface area contributed by atoms with Crippen LogP contribution < -0.4 is 5.32 Å². The second-order valence-corrected chi connectivity index (χ2v) is 9.20. The van der Waals surface area contributed by atoms with Crippen LogP contribution in [-0.4, -0.2) is 34.2 Å². The minimum atomic E-state index is -4.39. The van der Waals surface area contributed by atoms with Crippen molar-refractivity contribution in [3.8, 4) is 11.1 Å². The molecule has 0 fully saturated rings. The van der Waals surface area contributed by atoms with Crippen molar-refractivity contribution in [2.75, 3.05) is 7.11 Å². The van der Waals surface area contributed by atoms with Gasteiger partial charge in [0.15, 0.2) is 0 Å². The predicted octanol–water partition coefficient (Wildman–Crippen LogP) is 3.33. The van der Waals surface area contributed by atoms with E-state index in [4.69, 9.17) is 4.74 Å². The van der Waals surface area contributed by atoms with Gasteiger partial charge in [0, 0.05) is 6.04 Å². The van der Waals surface area contributed by atoms with Crippen LogP contribution in [0.2, 0.25) is 0 Å². The van der Waals surface area contributed by atoms with Crippen molar-refractivity contribution in [3.63, 3.8) is 0 Å². The zero-order valence-corrected chi connectivity index (χ0v) is 16.6. The van der Waals surface area contributed by atoms with E-state index >= 15 is 0 Å². The number of hydrogen-bond acceptors (Lipinski definition) is 4. The Labute approximate surface area is 159 Å². The fraction of sp³-hybridized carbons (Fsp3) is 0.350. The lowest BCUT2D eigenvalue weighted by atomic mass is 9.99. The molecule has 0 aromatic heterocycles. The van der Waals surface area contributed by atoms with Crippen molar-refractivity contribution in [3.05, 3.63) is 60.2 Å². The number of carbonyl (C=O) groups is 1. The van der Waals surface area contributed by atoms with Crippen LogP contribution in [0, 0.1) is 0 Å². The summed E-state index contributed by atoms with van der Waals surface area (Å²) in [6, 6.07) is 17.4. The Morgan fingerprint density at radius 3 is 2.15 bits per heavy atom. The van der Waals surface area contributed by atoms with Crippen LogP contribution in [0.1, 0.15) is 25.8 Å². The summed E-state index contributed by atoms with van der Waals surface area (Å²) in [4.78, 5) is 30.8. The molecular formula is C20H26NO5P. The minimum Gasteiger partial charge on any atom is -0.469 e. The second kappa shape index (κ2) is 8.81. The fourth-order valence-corrected chi connectivity index (χ4v) is 3.14. The zero-order chi connectivity index (χ0) is 20.1. The first-order valence-corrected chi connectivity index (χ1v) is 10.3. The first-order chi connectivity index (χ1) is 12.6. The monoisotopic (exact) mass is 391 g/mol. The molecule has 2 aromatic rings. The molecule has 0 aliphatic heterocycles. The molecule has 0 spiro atoms. The van der Waals surface area contributed by atoms with Crippen molar-refractivity contribution in [1.82, 2.24) is 5.32 Å². The fourth-order valence-electron chi connectivity index (χ4n) is 2.79. The maximum absolute atomic E-state index is 11.7. The molecule has 3 N–H and O–H groups in total. The molecule has 0 amide bonds. The number of nitrogens with one attached hydrogen (secondary N) is 1. The molecule has 1 atom stereocenters. The molecule has 0 saturated carbocycles. The standard InChI is InChI=1S/C20H26NO5P/c1-20(2,27(23,24)25)21-18(14-19(22)26-3)13-15-9-11-17(12-10-15)16-7-5-4-6-8-16/h4-12,18,21H,13-14H2,1-3H3,(H2,23,24,25)/t18-/m0/s1. The Kier molecular flexibility index (Phi) is 6.95. The normalized spacial score (nSPS) is 13.2. The lowest BCUT2D eigenvalue weighted by molar-refractivity contribution is -0.141. The highest BCUT2D eigenvalue weighted by atomic mass is 31.2. The smallest absolute Gasteiger partial charge is 0.344 e. The van der Waals surface area contributed by atoms with Gasteiger partial charge in [0.2, 0.25) is 0 Å². The van der Waals surface area contributed by atoms with Gasteiger partial charge in [-0.2, -0.15) is 0 Å². The summed E-state index contributed by atoms with van der Waals surface area (Å²) >= 11 is 0. The van der Waals surface area contributed by atoms with Gasteiger partial charge in [-0.25, -0.2) is 0 Å². The summed E-state index contributed by atoms with van der Waals surface area (Å²) in [5.74, 6) is -0.435. The summed E-state index contributed by atoms with van der Waals surface area (Å²) < 4.78 is 16.4. The van der Waals surface area contributed by atoms with Gasteiger partial charge in [-0.1, -0.05) is 54.6 Å². The quantitative estimate of drug-likeness (QED) is 0.472. The molecule has 0 radical (unpaired) electrons. The maximum atomic E-state index is 11.7. The Balaban J connectivity index is 2.17. The van der Waals surface area contributed by atoms with Crippen molar-refractivity contribution in [2.24, 2.45) is 0 Å². The maximum Gasteiger partial charge on any atom is 0.344 e. The van der Waals surface area contributed by atoms with E-state index in [9.17, 15) is 19.1 Å². The highest BCUT2D eigenvalue weighted by Crippen LogP contribution is 2.48. The molecule has 0 aliphatic rings. The Morgan fingerprint density at radius 2 is 1.63 bits per heavy atom. The van der Waals surface area contributed by atoms with E-state index in [1.165, 1.54) is 21.0 Å². The van der Waals surface area contributed by atoms with Gasteiger partial charge in [0.1, 0.15) is 5.28 Å². The van der Waals surface area contributed by atoms with Gasteiger partial charge in [-0.05, 0) is 37.0 Å². The van der Waals surface area contributed by atoms with Crippen molar-refractivity contribution in [1.29, 1.82) is 0 Å². The summed E-state index contributed by atoms with van der Waals surface area (Å²) in [6.45, 7) is 2.85. The largest absolute Gasteiger partial charge is 0.469 e. The first kappa shape index (κ1) is 21.3. The average molecular weight is 391 g/mol. The van der Waals surface area contributed by atoms with Crippen LogP contribution in [0.25, 0.3) is 11.1 Å². The molecule has 0 aliphatic carbocycles. The Morgan fingerprint density at radius 1 is 1.07 bits per heavy atom. The van der Waals surface area contributed by atoms with Crippen LogP contribution >= 0.6 is 7.60 Å². The summed E-state index contributed by atoms with van der Waals surface area (Å²) in [7, 11) is -3.10. The number of carbonyl (C=O) groups excluding carboxylic acids is 1. The van der Waals surface area contributed by atoms with E-state index in [2.05, 4.69) is 5.32 Å². The summed E-state index contributed by atoms with van der Waals surface area (Å²) in [6.07, 6.45) is 0.452. The van der Waals surface area contributed by atoms with E-state index in [0.717, 1.165) is 16.7 Å². The molecule has 146 valence electrons. The molecule has 0 saturated heterocycles. The van der Waals surface area contributed by atoms with E-state index in [-0.39, 0.29) is 6.42 Å². The third-order valence-electron chi connectivity index (χ3n) is 4.47. The van der Waals surface area contributed by atoms with Crippen LogP contribution in [0.5, 0.6) is 0 Å². The van der Waals surface area contributed by atoms with Gasteiger partial charge in [-0.3, -0.25) is 14.7 Å². The molecule has 0 bridgehead atoms. The number of esters is 1. The van der Waals surface area contributed by atoms with Crippen LogP contribution in [-0.2, 0) is 20.5 Å². The third-order valence-corrected chi connectivity index (χ3v) is 6.05. The molecule has 27 heavy (non-hydrogen) atoms. The molecular weight excluding hydrogens is 365 g/mol. The third kappa shape index (κ3) is 6.01. The Hall–Kier alpha value is -1.98. The van der Waals surface area contributed by atoms with Crippen LogP contribution in [0.4, 0.5) is 0 Å². The zero-order valence-electron chi connectivity index (χ0n) is 15.8. The number of hydrogen-bond donors (Lipinski definition) is 3. The van der Waals surface area contributed by atoms with Gasteiger partial charge < -0.3 is 14.5 Å². The molecule has 2 aromatic carbocycles. The topological polar surface area (TPSA) is 95.9 Å². The summed E-state index contributed by atoms with van der Waals surface area (Å²) in [5, 5.41) is 1.48. The van der Waals surface area contributed by atoms with Crippen LogP contribution in [0.15, 0.2) is 54.6 Å². The minimum absolute atomic E-state index is 0.0143. The highest BCUT2D eigenvalue weighted by molar-refractivity contribution is 7.53. The molecule has 2 rings (SSSR count). The van der Waals surface area contributed by atoms with Crippen molar-refractivity contribution >= 4 is 13.6 Å². The summed E-state index contributed by atoms with van der Waals surface area (Å²) in [5.41, 5.74) is 3.14. The van der Waals surface area contributed by atoms with E-state index in [1.54, 1.807) is 0 Å². The van der Waals surface area contributed by atoms with E-state index < -0.39 is 24.9 Å². The van der Waals surface area contributed by atoms with Gasteiger partial charge in [0.25, 0.3) is 0 Å². The molecule has 0 unspecified atom stereocenters. The van der Waals surface area contributed by atoms with E-state index in [1.807, 2.05) is 54.6 Å². The van der Waals surface area contributed by atoms with Crippen molar-refractivity contribution < 1.29 is 23.9 Å². The van der Waals surface area contributed by atoms with Crippen LogP contribution in [0.3, 0.4) is 0 Å². The number of rotatable bonds is 8. The van der Waals surface area contributed by atoms with Crippen molar-refractivity contribution in [2.45, 2.75) is 38.0 Å². The first-order valence-electron chi connectivity index (χ1n) is 8.67. The van der Waals surface area contributed by atoms with E-state index in [0.29, 0.717) is 6.42 Å². The molecule has 6 nitrogen and oxygen atoms in total. The SMILES string of the molecule is COC(=O)C[C@H](Cc1ccc(-c2ccccc2)cc1)NC(C)(C)P(=O)(O)O. The van der Waals surface area contributed by atoms with Gasteiger partial charge in [-0.15, -0.1) is 0 Å². The molecule has 0 heterocycles. The number of ether oxygens (including phenoxy) is 1. The highest BCUT2D eigenvalue weighted by Gasteiger charge is 2.39. The average Bonchev–Trinajstić information content (AvgIpc) is 2.61. The lowest BCUT2D eigenvalue weighted by Crippen LogP contribution is -2.47.